The summed E-state index contributed by atoms with van der Waals surface area (Å²) in [4.78, 5) is 22.6. The van der Waals surface area contributed by atoms with Crippen molar-refractivity contribution in [2.24, 2.45) is 0 Å². The van der Waals surface area contributed by atoms with Crippen LogP contribution in [0.1, 0.15) is 39.5 Å². The third kappa shape index (κ3) is 3.86. The molecule has 1 spiro atoms. The van der Waals surface area contributed by atoms with Gasteiger partial charge in [0.1, 0.15) is 11.9 Å². The van der Waals surface area contributed by atoms with E-state index in [9.17, 15) is 9.90 Å². The van der Waals surface area contributed by atoms with Crippen LogP contribution in [0.4, 0.5) is 5.82 Å². The van der Waals surface area contributed by atoms with E-state index in [-0.39, 0.29) is 11.9 Å². The maximum Gasteiger partial charge on any atom is 0.321 e. The van der Waals surface area contributed by atoms with Gasteiger partial charge in [-0.05, 0) is 26.2 Å². The summed E-state index contributed by atoms with van der Waals surface area (Å²) in [6.45, 7) is 5.52. The molecule has 0 aromatic carbocycles. The number of nitrogens with zero attached hydrogens (tertiary/aromatic N) is 3. The fraction of sp³-hybridized carbons (Fsp3) is 0.737. The Hall–Kier alpha value is -2.13. The number of ether oxygens (including phenoxy) is 3. The van der Waals surface area contributed by atoms with Crippen LogP contribution >= 0.6 is 0 Å². The Balaban J connectivity index is 1.74. The largest absolute Gasteiger partial charge is 0.481 e. The molecule has 156 valence electrons. The molecular formula is C19H30N4O5. The molecular weight excluding hydrogens is 364 g/mol. The van der Waals surface area contributed by atoms with Crippen LogP contribution in [0.5, 0.6) is 11.9 Å². The van der Waals surface area contributed by atoms with Gasteiger partial charge < -0.3 is 29.5 Å². The van der Waals surface area contributed by atoms with Crippen LogP contribution in [-0.4, -0.2) is 72.1 Å². The first-order valence-corrected chi connectivity index (χ1v) is 9.71. The topological polar surface area (TPSA) is 106 Å². The van der Waals surface area contributed by atoms with Gasteiger partial charge in [-0.1, -0.05) is 6.92 Å². The Bertz CT molecular complexity index is 685. The summed E-state index contributed by atoms with van der Waals surface area (Å²) in [6, 6.07) is 2.02. The van der Waals surface area contributed by atoms with Gasteiger partial charge in [-0.15, -0.1) is 0 Å². The number of anilines is 1. The van der Waals surface area contributed by atoms with Crippen molar-refractivity contribution in [3.8, 4) is 11.9 Å². The van der Waals surface area contributed by atoms with Gasteiger partial charge in [-0.25, -0.2) is 0 Å². The molecule has 1 amide bonds. The number of carbonyl (C=O) groups excluding carboxylic acids is 1. The molecule has 3 rings (SSSR count). The Morgan fingerprint density at radius 2 is 2.04 bits per heavy atom. The molecule has 9 heteroatoms. The van der Waals surface area contributed by atoms with Crippen molar-refractivity contribution in [2.45, 2.75) is 56.8 Å². The van der Waals surface area contributed by atoms with Crippen molar-refractivity contribution < 1.29 is 24.1 Å². The number of rotatable bonds is 5. The third-order valence-electron chi connectivity index (χ3n) is 5.85. The molecule has 1 aromatic heterocycles. The molecule has 3 heterocycles. The van der Waals surface area contributed by atoms with Crippen LogP contribution in [0.15, 0.2) is 6.07 Å². The van der Waals surface area contributed by atoms with Crippen LogP contribution in [0, 0.1) is 0 Å². The Morgan fingerprint density at radius 1 is 1.32 bits per heavy atom. The molecule has 0 aliphatic carbocycles. The molecule has 0 radical (unpaired) electrons. The van der Waals surface area contributed by atoms with Gasteiger partial charge in [0, 0.05) is 32.2 Å². The zero-order valence-electron chi connectivity index (χ0n) is 17.0. The van der Waals surface area contributed by atoms with Gasteiger partial charge in [0.15, 0.2) is 0 Å². The monoisotopic (exact) mass is 394 g/mol. The zero-order chi connectivity index (χ0) is 20.4. The standard InChI is InChI=1S/C19H30N4O5/c1-5-14(24)22-18(2)8-11-28-19(16(18)25)6-9-23(10-7-19)13-12-15(26-3)21-17(20-13)27-4/h12,16,25H,5-11H2,1-4H3,(H,22,24)/t16-,18+/m1/s1. The average Bonchev–Trinajstić information content (AvgIpc) is 2.72. The highest BCUT2D eigenvalue weighted by Crippen LogP contribution is 2.40. The van der Waals surface area contributed by atoms with E-state index >= 15 is 0 Å². The maximum atomic E-state index is 12.0. The second-order valence-corrected chi connectivity index (χ2v) is 7.63. The molecule has 2 fully saturated rings. The lowest BCUT2D eigenvalue weighted by atomic mass is 9.73. The molecule has 2 N–H and O–H groups in total. The summed E-state index contributed by atoms with van der Waals surface area (Å²) in [5.74, 6) is 1.09. The minimum absolute atomic E-state index is 0.0591. The summed E-state index contributed by atoms with van der Waals surface area (Å²) in [5.41, 5.74) is -1.36. The van der Waals surface area contributed by atoms with E-state index in [0.29, 0.717) is 57.1 Å². The van der Waals surface area contributed by atoms with E-state index in [1.54, 1.807) is 13.2 Å². The van der Waals surface area contributed by atoms with E-state index in [0.717, 1.165) is 0 Å². The van der Waals surface area contributed by atoms with Gasteiger partial charge in [0.2, 0.25) is 11.8 Å². The normalized spacial score (nSPS) is 26.8. The van der Waals surface area contributed by atoms with Crippen molar-refractivity contribution in [1.29, 1.82) is 0 Å². The van der Waals surface area contributed by atoms with Gasteiger partial charge in [0.25, 0.3) is 0 Å². The van der Waals surface area contributed by atoms with Crippen LogP contribution in [0.25, 0.3) is 0 Å². The van der Waals surface area contributed by atoms with Crippen molar-refractivity contribution in [3.63, 3.8) is 0 Å². The number of aromatic nitrogens is 2. The Morgan fingerprint density at radius 3 is 2.64 bits per heavy atom. The van der Waals surface area contributed by atoms with Gasteiger partial charge >= 0.3 is 6.01 Å². The third-order valence-corrected chi connectivity index (χ3v) is 5.85. The van der Waals surface area contributed by atoms with Gasteiger partial charge in [-0.3, -0.25) is 4.79 Å². The first-order valence-electron chi connectivity index (χ1n) is 9.71. The summed E-state index contributed by atoms with van der Waals surface area (Å²) in [6.07, 6.45) is 1.45. The minimum Gasteiger partial charge on any atom is -0.481 e. The Labute approximate surface area is 165 Å². The minimum atomic E-state index is -0.777. The second kappa shape index (κ2) is 8.08. The number of piperidine rings is 1. The summed E-state index contributed by atoms with van der Waals surface area (Å²) < 4.78 is 16.5. The maximum absolute atomic E-state index is 12.0. The molecule has 2 saturated heterocycles. The first kappa shape index (κ1) is 20.6. The molecule has 2 atom stereocenters. The SMILES string of the molecule is CCC(=O)N[C@@]1(C)CCOC2(CCN(c3cc(OC)nc(OC)n3)CC2)[C@@H]1O. The van der Waals surface area contributed by atoms with Crippen LogP contribution in [0.2, 0.25) is 0 Å². The first-order chi connectivity index (χ1) is 13.4. The summed E-state index contributed by atoms with van der Waals surface area (Å²) in [5, 5.41) is 14.1. The number of nitrogens with one attached hydrogen (secondary N) is 1. The Kier molecular flexibility index (Phi) is 5.95. The van der Waals surface area contributed by atoms with Crippen molar-refractivity contribution in [3.05, 3.63) is 6.07 Å². The predicted octanol–water partition coefficient (Wildman–Crippen LogP) is 0.899. The van der Waals surface area contributed by atoms with Crippen LogP contribution < -0.4 is 19.7 Å². The number of carbonyl (C=O) groups is 1. The average molecular weight is 394 g/mol. The van der Waals surface area contributed by atoms with Gasteiger partial charge in [0.05, 0.1) is 25.4 Å². The zero-order valence-corrected chi connectivity index (χ0v) is 17.0. The molecule has 28 heavy (non-hydrogen) atoms. The molecule has 2 aliphatic rings. The fourth-order valence-electron chi connectivity index (χ4n) is 4.08. The number of methoxy groups -OCH3 is 2. The molecule has 9 nitrogen and oxygen atoms in total. The number of hydrogen-bond acceptors (Lipinski definition) is 8. The highest BCUT2D eigenvalue weighted by atomic mass is 16.5. The highest BCUT2D eigenvalue weighted by Gasteiger charge is 2.53. The number of aliphatic hydroxyl groups is 1. The van der Waals surface area contributed by atoms with Crippen LogP contribution in [0.3, 0.4) is 0 Å². The molecule has 1 aromatic rings. The van der Waals surface area contributed by atoms with Crippen molar-refractivity contribution in [2.75, 3.05) is 38.8 Å². The second-order valence-electron chi connectivity index (χ2n) is 7.63. The molecule has 0 saturated carbocycles. The number of amides is 1. The fourth-order valence-corrected chi connectivity index (χ4v) is 4.08. The van der Waals surface area contributed by atoms with Crippen LogP contribution in [-0.2, 0) is 9.53 Å². The lowest BCUT2D eigenvalue weighted by Crippen LogP contribution is -2.69. The molecule has 2 aliphatic heterocycles. The number of hydrogen-bond donors (Lipinski definition) is 2. The van der Waals surface area contributed by atoms with Crippen molar-refractivity contribution in [1.82, 2.24) is 15.3 Å². The lowest BCUT2D eigenvalue weighted by molar-refractivity contribution is -0.198. The van der Waals surface area contributed by atoms with E-state index in [1.807, 2.05) is 13.8 Å². The van der Waals surface area contributed by atoms with E-state index < -0.39 is 17.2 Å². The van der Waals surface area contributed by atoms with Crippen molar-refractivity contribution >= 4 is 11.7 Å². The molecule has 0 bridgehead atoms. The predicted molar refractivity (Wildman–Crippen MR) is 103 cm³/mol. The lowest BCUT2D eigenvalue weighted by Gasteiger charge is -2.53. The van der Waals surface area contributed by atoms with E-state index in [4.69, 9.17) is 14.2 Å². The number of aliphatic hydroxyl groups excluding tert-OH is 1. The van der Waals surface area contributed by atoms with Gasteiger partial charge in [-0.2, -0.15) is 9.97 Å². The summed E-state index contributed by atoms with van der Waals surface area (Å²) in [7, 11) is 3.07. The summed E-state index contributed by atoms with van der Waals surface area (Å²) >= 11 is 0. The molecule has 0 unspecified atom stereocenters. The van der Waals surface area contributed by atoms with E-state index in [1.165, 1.54) is 7.11 Å². The van der Waals surface area contributed by atoms with E-state index in [2.05, 4.69) is 20.2 Å². The highest BCUT2D eigenvalue weighted by molar-refractivity contribution is 5.76. The quantitative estimate of drug-likeness (QED) is 0.759. The smallest absolute Gasteiger partial charge is 0.321 e.